The van der Waals surface area contributed by atoms with E-state index in [1.165, 1.54) is 0 Å². The van der Waals surface area contributed by atoms with E-state index in [4.69, 9.17) is 49.4 Å². The number of hydrogen-bond acceptors (Lipinski definition) is 12. The summed E-state index contributed by atoms with van der Waals surface area (Å²) < 4.78 is 101. The minimum absolute atomic E-state index is 0.542. The van der Waals surface area contributed by atoms with E-state index in [0.717, 1.165) is 197 Å². The molecule has 1 aromatic rings. The van der Waals surface area contributed by atoms with E-state index in [1.807, 2.05) is 0 Å². The first-order chi connectivity index (χ1) is 40.9. The topological polar surface area (TPSA) is 111 Å². The van der Waals surface area contributed by atoms with Crippen LogP contribution < -0.4 is 5.19 Å². The van der Waals surface area contributed by atoms with E-state index in [0.29, 0.717) is 83.7 Å². The Morgan fingerprint density at radius 2 is 0.512 bits per heavy atom. The lowest BCUT2D eigenvalue weighted by atomic mass is 10.1. The van der Waals surface area contributed by atoms with Crippen LogP contribution in [-0.4, -0.2) is 70.4 Å². The molecule has 0 saturated carbocycles. The zero-order valence-electron chi connectivity index (χ0n) is 57.9. The zero-order chi connectivity index (χ0) is 62.4. The highest BCUT2D eigenvalue weighted by molar-refractivity contribution is 7.05. The molecule has 6 heterocycles. The second kappa shape index (κ2) is 36.2. The maximum Gasteiger partial charge on any atom is 0.515 e. The van der Waals surface area contributed by atoms with Gasteiger partial charge in [0.2, 0.25) is 0 Å². The molecule has 6 saturated heterocycles. The van der Waals surface area contributed by atoms with Crippen molar-refractivity contribution in [1.82, 2.24) is 0 Å². The molecule has 8 bridgehead atoms. The van der Waals surface area contributed by atoms with Crippen molar-refractivity contribution >= 4 is 81.7 Å². The van der Waals surface area contributed by atoms with Gasteiger partial charge in [0.25, 0.3) is 0 Å². The van der Waals surface area contributed by atoms with Gasteiger partial charge < -0.3 is 49.4 Å². The molecule has 0 N–H and O–H groups in total. The Bertz CT molecular complexity index is 1910. The smallest absolute Gasteiger partial charge is 0.373 e. The summed E-state index contributed by atoms with van der Waals surface area (Å²) in [7, 11) is -33.1. The molecule has 20 heteroatoms. The quantitative estimate of drug-likeness (QED) is 0.0458. The largest absolute Gasteiger partial charge is 0.515 e. The molecule has 0 aromatic heterocycles. The maximum absolute atomic E-state index is 8.49. The first-order valence-corrected chi connectivity index (χ1v) is 51.4. The number of unbranched alkanes of at least 4 members (excludes halogenated alkanes) is 14. The summed E-state index contributed by atoms with van der Waals surface area (Å²) in [5.41, 5.74) is 1.05. The fourth-order valence-corrected chi connectivity index (χ4v) is 63.5. The lowest BCUT2D eigenvalue weighted by Crippen LogP contribution is -2.89. The molecule has 0 radical (unpaired) electrons. The highest BCUT2D eigenvalue weighted by Gasteiger charge is 2.83. The van der Waals surface area contributed by atoms with Gasteiger partial charge in [-0.3, -0.25) is 0 Å². The molecule has 0 unspecified atom stereocenters. The molecule has 0 amide bonds. The van der Waals surface area contributed by atoms with E-state index in [9.17, 15) is 0 Å². The number of rotatable bonds is 45. The summed E-state index contributed by atoms with van der Waals surface area (Å²) in [6, 6.07) is 12.6. The molecule has 7 rings (SSSR count). The van der Waals surface area contributed by atoms with E-state index >= 15 is 0 Å². The first-order valence-electron chi connectivity index (χ1n) is 36.1. The maximum atomic E-state index is 8.49. The van der Waals surface area contributed by atoms with Crippen molar-refractivity contribution in [3.63, 3.8) is 0 Å². The third-order valence-corrected chi connectivity index (χ3v) is 54.9. The van der Waals surface area contributed by atoms with Crippen molar-refractivity contribution in [3.05, 3.63) is 35.9 Å². The van der Waals surface area contributed by atoms with Crippen LogP contribution in [0.5, 0.6) is 0 Å². The Hall–Kier alpha value is 0.215. The Kier molecular flexibility index (Phi) is 31.7. The van der Waals surface area contributed by atoms with Crippen LogP contribution in [0.25, 0.3) is 6.08 Å². The standard InChI is InChI=1S/C66H130O12Si8/c1-16-17-47-65-48-39-49-66(57-65)86-76-83(54-36-22-29-44-62(10)11)70-80(51-33-19-26-41-59(4)5)67-79(50-32-18-25-40-58(2)3)68-81(72-83,52-34-20-27-42-60(6)7)74-85(78-86,56-38-24-31-46-64(14)15)75-82(69-79,53-35-21-28-43-61(8)9)73-84(71-80,77-86)55-37-23-30-45-63(12)13/h17,39,47-49,57-64H,16,18-38,40-46,50-56H2,1-15H3. The fraction of sp³-hybridized carbons (Fsp3) is 0.879. The summed E-state index contributed by atoms with van der Waals surface area (Å²) >= 11 is 0. The van der Waals surface area contributed by atoms with Crippen LogP contribution in [0.15, 0.2) is 30.3 Å². The van der Waals surface area contributed by atoms with Gasteiger partial charge in [-0.1, -0.05) is 269 Å². The molecular formula is C66H130O12Si8. The van der Waals surface area contributed by atoms with Crippen molar-refractivity contribution in [2.24, 2.45) is 41.4 Å². The first kappa shape index (κ1) is 75.2. The van der Waals surface area contributed by atoms with E-state index in [2.05, 4.69) is 140 Å². The molecule has 1 aromatic carbocycles. The summed E-state index contributed by atoms with van der Waals surface area (Å²) in [5, 5.41) is 0.850. The summed E-state index contributed by atoms with van der Waals surface area (Å²) in [4.78, 5) is 0. The fourth-order valence-electron chi connectivity index (χ4n) is 13.1. The molecule has 0 aliphatic carbocycles. The third-order valence-electron chi connectivity index (χ3n) is 17.8. The molecule has 6 aliphatic rings. The lowest BCUT2D eigenvalue weighted by Gasteiger charge is -2.63. The predicted octanol–water partition coefficient (Wildman–Crippen LogP) is 20.6. The molecule has 498 valence electrons. The number of allylic oxidation sites excluding steroid dienone is 1. The van der Waals surface area contributed by atoms with Crippen LogP contribution in [-0.2, 0) is 49.4 Å². The van der Waals surface area contributed by atoms with Crippen LogP contribution >= 0.6 is 0 Å². The van der Waals surface area contributed by atoms with Crippen LogP contribution in [0, 0.1) is 41.4 Å². The van der Waals surface area contributed by atoms with Gasteiger partial charge in [-0.25, -0.2) is 0 Å². The second-order valence-corrected chi connectivity index (χ2v) is 54.5. The van der Waals surface area contributed by atoms with Gasteiger partial charge in [0, 0.05) is 47.5 Å². The SMILES string of the molecule is CCC=Cc1cccc([Si]23O[Si]4(CCCCCC(C)C)O[Si]5(CCCCCC(C)C)O[Si]6(CCCCCC(C)C)O[Si](CCCCCC(C)C)(O4)O[Si](CCCCCC(C)C)(O[Si](CCCCCC(C)C)(O6)O[Si](CCCCCC(C)C)(O5)O2)O3)c1. The molecule has 12 nitrogen and oxygen atoms in total. The van der Waals surface area contributed by atoms with Gasteiger partial charge in [0.05, 0.1) is 0 Å². The Morgan fingerprint density at radius 1 is 0.291 bits per heavy atom. The molecule has 6 aliphatic heterocycles. The van der Waals surface area contributed by atoms with Crippen LogP contribution in [0.4, 0.5) is 0 Å². The normalized spacial score (nSPS) is 30.1. The van der Waals surface area contributed by atoms with Crippen LogP contribution in [0.3, 0.4) is 0 Å². The van der Waals surface area contributed by atoms with Gasteiger partial charge in [0.1, 0.15) is 0 Å². The average molecular weight is 1340 g/mol. The highest BCUT2D eigenvalue weighted by Crippen LogP contribution is 2.55. The zero-order valence-corrected chi connectivity index (χ0v) is 65.9. The van der Waals surface area contributed by atoms with Gasteiger partial charge in [0.15, 0.2) is 0 Å². The van der Waals surface area contributed by atoms with E-state index in [-0.39, 0.29) is 0 Å². The Balaban J connectivity index is 1.71. The Morgan fingerprint density at radius 3 is 0.721 bits per heavy atom. The van der Waals surface area contributed by atoms with Crippen molar-refractivity contribution in [2.75, 3.05) is 0 Å². The second-order valence-electron chi connectivity index (χ2n) is 30.0. The summed E-state index contributed by atoms with van der Waals surface area (Å²) in [6.45, 7) is 34.8. The van der Waals surface area contributed by atoms with Gasteiger partial charge in [-0.2, -0.15) is 0 Å². The monoisotopic (exact) mass is 1340 g/mol. The summed E-state index contributed by atoms with van der Waals surface area (Å²) in [5.74, 6) is 4.28. The average Bonchev–Trinajstić information content (AvgIpc) is 0.689. The van der Waals surface area contributed by atoms with Gasteiger partial charge in [-0.15, -0.1) is 0 Å². The van der Waals surface area contributed by atoms with E-state index < -0.39 is 70.4 Å². The van der Waals surface area contributed by atoms with Gasteiger partial charge >= 0.3 is 70.4 Å². The molecule has 6 fully saturated rings. The van der Waals surface area contributed by atoms with Gasteiger partial charge in [-0.05, 0) is 104 Å². The molecule has 0 atom stereocenters. The van der Waals surface area contributed by atoms with Crippen molar-refractivity contribution < 1.29 is 49.4 Å². The summed E-state index contributed by atoms with van der Waals surface area (Å²) in [6.07, 6.45) is 34.3. The lowest BCUT2D eigenvalue weighted by molar-refractivity contribution is -0.0280. The number of hydrogen-bond donors (Lipinski definition) is 0. The molecule has 86 heavy (non-hydrogen) atoms. The molecule has 0 spiro atoms. The van der Waals surface area contributed by atoms with E-state index in [1.54, 1.807) is 0 Å². The van der Waals surface area contributed by atoms with Crippen molar-refractivity contribution in [2.45, 2.75) is 332 Å². The Labute approximate surface area is 537 Å². The highest BCUT2D eigenvalue weighted by atomic mass is 28.6. The van der Waals surface area contributed by atoms with Crippen LogP contribution in [0.1, 0.15) is 296 Å². The molecular weight excluding hydrogens is 1210 g/mol. The number of benzene rings is 1. The minimum atomic E-state index is -4.39. The third kappa shape index (κ3) is 24.2. The predicted molar refractivity (Wildman–Crippen MR) is 371 cm³/mol. The van der Waals surface area contributed by atoms with Crippen molar-refractivity contribution in [1.29, 1.82) is 0 Å². The van der Waals surface area contributed by atoms with Crippen molar-refractivity contribution in [3.8, 4) is 0 Å². The van der Waals surface area contributed by atoms with Crippen LogP contribution in [0.2, 0.25) is 42.3 Å². The minimum Gasteiger partial charge on any atom is -0.373 e.